The number of hydrogen-bond donors (Lipinski definition) is 1. The van der Waals surface area contributed by atoms with Gasteiger partial charge in [0.25, 0.3) is 10.1 Å². The summed E-state index contributed by atoms with van der Waals surface area (Å²) in [6.45, 7) is 0. The number of rotatable bonds is 1. The van der Waals surface area contributed by atoms with E-state index in [1.807, 2.05) is 0 Å². The summed E-state index contributed by atoms with van der Waals surface area (Å²) in [5, 5.41) is 8.47. The van der Waals surface area contributed by atoms with Crippen LogP contribution in [-0.2, 0) is 10.1 Å². The van der Waals surface area contributed by atoms with E-state index in [1.54, 1.807) is 0 Å². The van der Waals surface area contributed by atoms with E-state index in [9.17, 15) is 8.42 Å². The molecule has 0 saturated carbocycles. The zero-order valence-corrected chi connectivity index (χ0v) is 8.88. The second kappa shape index (κ2) is 4.57. The van der Waals surface area contributed by atoms with Crippen LogP contribution < -0.4 is 12.4 Å². The Hall–Kier alpha value is -0.870. The van der Waals surface area contributed by atoms with Crippen molar-refractivity contribution in [2.45, 2.75) is 4.90 Å². The van der Waals surface area contributed by atoms with Gasteiger partial charge in [-0.2, -0.15) is 8.42 Å². The van der Waals surface area contributed by atoms with Gasteiger partial charge in [0.15, 0.2) is 4.98 Å². The van der Waals surface area contributed by atoms with Crippen molar-refractivity contribution >= 4 is 27.4 Å². The van der Waals surface area contributed by atoms with Crippen LogP contribution in [0.5, 0.6) is 0 Å². The van der Waals surface area contributed by atoms with Crippen LogP contribution in [0.15, 0.2) is 23.1 Å². The second-order valence-electron chi connectivity index (χ2n) is 2.19. The zero-order valence-electron chi connectivity index (χ0n) is 6.55. The van der Waals surface area contributed by atoms with Gasteiger partial charge in [-0.1, -0.05) is 11.6 Å². The van der Waals surface area contributed by atoms with Gasteiger partial charge in [0.05, 0.1) is 6.07 Å². The number of nitrogens with zero attached hydrogens (tertiary/aromatic N) is 2. The highest BCUT2D eigenvalue weighted by atomic mass is 35.5. The van der Waals surface area contributed by atoms with Gasteiger partial charge in [-0.15, -0.1) is 0 Å². The van der Waals surface area contributed by atoms with Crippen LogP contribution in [0.3, 0.4) is 0 Å². The molecule has 5 nitrogen and oxygen atoms in total. The molecule has 0 bridgehead atoms. The molecule has 8 heteroatoms. The monoisotopic (exact) mass is 254 g/mol. The van der Waals surface area contributed by atoms with Crippen molar-refractivity contribution < 1.29 is 25.4 Å². The summed E-state index contributed by atoms with van der Waals surface area (Å²) in [4.78, 5) is 2.37. The molecule has 1 aromatic rings. The van der Waals surface area contributed by atoms with Gasteiger partial charge in [-0.25, -0.2) is 0 Å². The molecular weight excluding hydrogens is 251 g/mol. The zero-order chi connectivity index (χ0) is 10.1. The van der Waals surface area contributed by atoms with Crippen LogP contribution in [-0.4, -0.2) is 13.0 Å². The Labute approximate surface area is 91.5 Å². The molecule has 0 aliphatic heterocycles. The lowest BCUT2D eigenvalue weighted by atomic mass is 10.3. The van der Waals surface area contributed by atoms with Crippen molar-refractivity contribution in [3.8, 4) is 0 Å². The molecule has 1 N–H and O–H groups in total. The smallest absolute Gasteiger partial charge is 0.404 e. The van der Waals surface area contributed by atoms with Gasteiger partial charge in [-0.05, 0) is 12.1 Å². The Kier molecular flexibility index (Phi) is 4.29. The van der Waals surface area contributed by atoms with Crippen molar-refractivity contribution in [3.63, 3.8) is 0 Å². The second-order valence-corrected chi connectivity index (χ2v) is 4.02. The SMILES string of the molecule is N#[N+]c1cc(S(=O)(=O)O)ccc1Cl.[Cl-]. The molecular formula is C6H4Cl2N2O3S. The fourth-order valence-electron chi connectivity index (χ4n) is 0.730. The van der Waals surface area contributed by atoms with Crippen LogP contribution >= 0.6 is 11.6 Å². The first-order valence-electron chi connectivity index (χ1n) is 3.07. The molecule has 0 unspecified atom stereocenters. The lowest BCUT2D eigenvalue weighted by Gasteiger charge is -1.93. The number of benzene rings is 1. The van der Waals surface area contributed by atoms with Crippen molar-refractivity contribution in [1.82, 2.24) is 0 Å². The molecule has 1 rings (SSSR count). The summed E-state index contributed by atoms with van der Waals surface area (Å²) in [7, 11) is -4.28. The van der Waals surface area contributed by atoms with E-state index in [-0.39, 0.29) is 28.0 Å². The summed E-state index contributed by atoms with van der Waals surface area (Å²) in [5.41, 5.74) is -0.114. The maximum atomic E-state index is 10.6. The van der Waals surface area contributed by atoms with E-state index in [1.165, 1.54) is 6.07 Å². The maximum absolute atomic E-state index is 10.6. The van der Waals surface area contributed by atoms with Gasteiger partial charge in [0, 0.05) is 0 Å². The van der Waals surface area contributed by atoms with Crippen molar-refractivity contribution in [2.24, 2.45) is 0 Å². The number of halogens is 2. The van der Waals surface area contributed by atoms with Gasteiger partial charge in [-0.3, -0.25) is 4.55 Å². The lowest BCUT2D eigenvalue weighted by Crippen LogP contribution is -3.00. The minimum absolute atomic E-state index is 0. The predicted molar refractivity (Wildman–Crippen MR) is 46.0 cm³/mol. The standard InChI is InChI=1S/C6H3ClN2O3S.ClH/c7-5-2-1-4(13(10,11)12)3-6(5)9-8;/h1-3H;1H. The highest BCUT2D eigenvalue weighted by molar-refractivity contribution is 7.85. The molecule has 14 heavy (non-hydrogen) atoms. The van der Waals surface area contributed by atoms with Crippen LogP contribution in [0, 0.1) is 5.39 Å². The topological polar surface area (TPSA) is 82.5 Å². The van der Waals surface area contributed by atoms with Crippen LogP contribution in [0.4, 0.5) is 5.69 Å². The first kappa shape index (κ1) is 13.1. The summed E-state index contributed by atoms with van der Waals surface area (Å²) < 4.78 is 29.8. The Bertz CT molecular complexity index is 480. The Morgan fingerprint density at radius 2 is 2.00 bits per heavy atom. The molecule has 0 radical (unpaired) electrons. The Morgan fingerprint density at radius 1 is 1.43 bits per heavy atom. The normalized spacial score (nSPS) is 10.1. The summed E-state index contributed by atoms with van der Waals surface area (Å²) >= 11 is 5.52. The van der Waals surface area contributed by atoms with Gasteiger partial charge >= 0.3 is 5.69 Å². The average molecular weight is 255 g/mol. The number of diazo groups is 1. The molecule has 0 aromatic heterocycles. The molecule has 0 heterocycles. The molecule has 0 aliphatic rings. The fraction of sp³-hybridized carbons (Fsp3) is 0. The van der Waals surface area contributed by atoms with E-state index in [0.717, 1.165) is 12.1 Å². The van der Waals surface area contributed by atoms with Gasteiger partial charge in [0.2, 0.25) is 5.39 Å². The van der Waals surface area contributed by atoms with Gasteiger partial charge < -0.3 is 12.4 Å². The highest BCUT2D eigenvalue weighted by Gasteiger charge is 2.18. The third-order valence-electron chi connectivity index (χ3n) is 1.32. The number of hydrogen-bond acceptors (Lipinski definition) is 3. The van der Waals surface area contributed by atoms with E-state index >= 15 is 0 Å². The van der Waals surface area contributed by atoms with E-state index in [0.29, 0.717) is 0 Å². The Balaban J connectivity index is 0.00000169. The highest BCUT2D eigenvalue weighted by Crippen LogP contribution is 2.27. The van der Waals surface area contributed by atoms with Crippen LogP contribution in [0.2, 0.25) is 5.02 Å². The van der Waals surface area contributed by atoms with Crippen LogP contribution in [0.1, 0.15) is 0 Å². The van der Waals surface area contributed by atoms with Crippen molar-refractivity contribution in [2.75, 3.05) is 0 Å². The van der Waals surface area contributed by atoms with E-state index in [2.05, 4.69) is 4.98 Å². The molecule has 0 saturated heterocycles. The third kappa shape index (κ3) is 2.82. The molecule has 0 fully saturated rings. The maximum Gasteiger partial charge on any atom is 0.404 e. The largest absolute Gasteiger partial charge is 1.00 e. The third-order valence-corrected chi connectivity index (χ3v) is 2.49. The molecule has 76 valence electrons. The average Bonchev–Trinajstić information content (AvgIpc) is 2.03. The summed E-state index contributed by atoms with van der Waals surface area (Å²) in [6, 6.07) is 3.27. The first-order chi connectivity index (χ1) is 5.95. The van der Waals surface area contributed by atoms with Crippen LogP contribution in [0.25, 0.3) is 4.98 Å². The molecule has 0 amide bonds. The van der Waals surface area contributed by atoms with Crippen molar-refractivity contribution in [3.05, 3.63) is 28.2 Å². The fourth-order valence-corrected chi connectivity index (χ4v) is 1.39. The molecule has 1 aromatic carbocycles. The molecule has 0 atom stereocenters. The minimum Gasteiger partial charge on any atom is -1.00 e. The van der Waals surface area contributed by atoms with E-state index < -0.39 is 10.1 Å². The Morgan fingerprint density at radius 3 is 2.43 bits per heavy atom. The summed E-state index contributed by atoms with van der Waals surface area (Å²) in [6.07, 6.45) is 0. The van der Waals surface area contributed by atoms with Crippen molar-refractivity contribution in [1.29, 1.82) is 5.39 Å². The predicted octanol–water partition coefficient (Wildman–Crippen LogP) is -0.925. The summed E-state index contributed by atoms with van der Waals surface area (Å²) in [5.74, 6) is 0. The lowest BCUT2D eigenvalue weighted by molar-refractivity contribution is -0.00000691. The quantitative estimate of drug-likeness (QED) is 0.519. The van der Waals surface area contributed by atoms with Gasteiger partial charge in [0.1, 0.15) is 9.92 Å². The molecule has 0 aliphatic carbocycles. The minimum atomic E-state index is -4.28. The molecule has 0 spiro atoms. The van der Waals surface area contributed by atoms with E-state index in [4.69, 9.17) is 21.5 Å². The first-order valence-corrected chi connectivity index (χ1v) is 4.89.